The van der Waals surface area contributed by atoms with Crippen molar-refractivity contribution in [1.29, 1.82) is 0 Å². The molecule has 0 aromatic carbocycles. The minimum atomic E-state index is -0.185. The zero-order valence-electron chi connectivity index (χ0n) is 10.4. The second-order valence-corrected chi connectivity index (χ2v) is 4.92. The topological polar surface area (TPSA) is 101 Å². The Balaban J connectivity index is 1.56. The third-order valence-electron chi connectivity index (χ3n) is 2.51. The molecule has 0 bridgehead atoms. The van der Waals surface area contributed by atoms with Crippen molar-refractivity contribution in [2.45, 2.75) is 13.1 Å². The van der Waals surface area contributed by atoms with Crippen LogP contribution in [0.15, 0.2) is 30.0 Å². The van der Waals surface area contributed by atoms with Crippen molar-refractivity contribution in [1.82, 2.24) is 35.5 Å². The van der Waals surface area contributed by atoms with Crippen molar-refractivity contribution in [3.05, 3.63) is 35.7 Å². The second-order valence-electron chi connectivity index (χ2n) is 3.97. The van der Waals surface area contributed by atoms with Crippen LogP contribution in [-0.4, -0.2) is 36.1 Å². The van der Waals surface area contributed by atoms with E-state index in [0.29, 0.717) is 12.4 Å². The third kappa shape index (κ3) is 2.88. The van der Waals surface area contributed by atoms with Gasteiger partial charge in [0, 0.05) is 6.20 Å². The van der Waals surface area contributed by atoms with E-state index in [1.807, 2.05) is 17.5 Å². The normalized spacial score (nSPS) is 10.6. The van der Waals surface area contributed by atoms with Gasteiger partial charge >= 0.3 is 0 Å². The molecule has 8 nitrogen and oxygen atoms in total. The summed E-state index contributed by atoms with van der Waals surface area (Å²) in [6.07, 6.45) is 3.22. The van der Waals surface area contributed by atoms with E-state index in [1.54, 1.807) is 12.5 Å². The number of nitrogens with zero attached hydrogens (tertiary/aromatic N) is 5. The highest BCUT2D eigenvalue weighted by Crippen LogP contribution is 2.19. The van der Waals surface area contributed by atoms with E-state index < -0.39 is 0 Å². The number of rotatable bonds is 5. The molecule has 0 unspecified atom stereocenters. The van der Waals surface area contributed by atoms with Gasteiger partial charge in [-0.25, -0.2) is 4.98 Å². The van der Waals surface area contributed by atoms with Crippen LogP contribution < -0.4 is 5.32 Å². The Morgan fingerprint density at radius 3 is 3.20 bits per heavy atom. The number of hydrogen-bond acceptors (Lipinski definition) is 6. The number of thiophene rings is 1. The highest BCUT2D eigenvalue weighted by Gasteiger charge is 2.09. The molecule has 0 fully saturated rings. The summed E-state index contributed by atoms with van der Waals surface area (Å²) in [5, 5.41) is 16.6. The van der Waals surface area contributed by atoms with Crippen molar-refractivity contribution < 1.29 is 4.79 Å². The Labute approximate surface area is 117 Å². The maximum atomic E-state index is 11.7. The van der Waals surface area contributed by atoms with Gasteiger partial charge in [0.1, 0.15) is 6.54 Å². The largest absolute Gasteiger partial charge is 0.349 e. The second kappa shape index (κ2) is 5.61. The molecule has 0 atom stereocenters. The maximum Gasteiger partial charge on any atom is 0.243 e. The van der Waals surface area contributed by atoms with Crippen LogP contribution in [-0.2, 0) is 17.9 Å². The monoisotopic (exact) mass is 289 g/mol. The summed E-state index contributed by atoms with van der Waals surface area (Å²) in [5.74, 6) is 0.344. The van der Waals surface area contributed by atoms with Gasteiger partial charge in [-0.3, -0.25) is 4.79 Å². The molecular formula is C11H11N7OS. The van der Waals surface area contributed by atoms with Crippen LogP contribution in [0.1, 0.15) is 5.69 Å². The summed E-state index contributed by atoms with van der Waals surface area (Å²) in [6, 6.07) is 3.82. The minimum Gasteiger partial charge on any atom is -0.349 e. The Morgan fingerprint density at radius 2 is 2.45 bits per heavy atom. The van der Waals surface area contributed by atoms with Crippen LogP contribution in [0.4, 0.5) is 0 Å². The van der Waals surface area contributed by atoms with Gasteiger partial charge in [-0.15, -0.1) is 21.5 Å². The van der Waals surface area contributed by atoms with Gasteiger partial charge in [0.25, 0.3) is 0 Å². The highest BCUT2D eigenvalue weighted by molar-refractivity contribution is 7.13. The SMILES string of the molecule is O=C(Cn1nnc(-c2cccs2)n1)NCc1cnc[nH]1. The Kier molecular flexibility index (Phi) is 3.50. The molecule has 0 aliphatic rings. The molecule has 0 aliphatic carbocycles. The van der Waals surface area contributed by atoms with Crippen molar-refractivity contribution >= 4 is 17.2 Å². The van der Waals surface area contributed by atoms with Crippen molar-refractivity contribution in [3.63, 3.8) is 0 Å². The van der Waals surface area contributed by atoms with Gasteiger partial charge in [0.2, 0.25) is 11.7 Å². The van der Waals surface area contributed by atoms with E-state index >= 15 is 0 Å². The lowest BCUT2D eigenvalue weighted by Crippen LogP contribution is -2.28. The zero-order chi connectivity index (χ0) is 13.8. The van der Waals surface area contributed by atoms with Gasteiger partial charge in [-0.1, -0.05) is 6.07 Å². The van der Waals surface area contributed by atoms with E-state index in [0.717, 1.165) is 10.6 Å². The zero-order valence-corrected chi connectivity index (χ0v) is 11.2. The third-order valence-corrected chi connectivity index (χ3v) is 3.38. The lowest BCUT2D eigenvalue weighted by atomic mass is 10.4. The first-order valence-electron chi connectivity index (χ1n) is 5.87. The van der Waals surface area contributed by atoms with Crippen LogP contribution in [0.2, 0.25) is 0 Å². The smallest absolute Gasteiger partial charge is 0.243 e. The predicted octanol–water partition coefficient (Wildman–Crippen LogP) is 0.441. The quantitative estimate of drug-likeness (QED) is 0.709. The van der Waals surface area contributed by atoms with Crippen molar-refractivity contribution in [3.8, 4) is 10.7 Å². The Hall–Kier alpha value is -2.55. The molecule has 2 N–H and O–H groups in total. The van der Waals surface area contributed by atoms with Gasteiger partial charge < -0.3 is 10.3 Å². The summed E-state index contributed by atoms with van der Waals surface area (Å²) in [7, 11) is 0. The number of H-pyrrole nitrogens is 1. The number of aromatic nitrogens is 6. The molecule has 0 spiro atoms. The molecule has 9 heteroatoms. The summed E-state index contributed by atoms with van der Waals surface area (Å²) in [6.45, 7) is 0.428. The van der Waals surface area contributed by atoms with E-state index in [4.69, 9.17) is 0 Å². The number of hydrogen-bond donors (Lipinski definition) is 2. The molecule has 20 heavy (non-hydrogen) atoms. The fraction of sp³-hybridized carbons (Fsp3) is 0.182. The molecule has 102 valence electrons. The van der Waals surface area contributed by atoms with Gasteiger partial charge in [-0.2, -0.15) is 4.80 Å². The molecule has 0 aliphatic heterocycles. The summed E-state index contributed by atoms with van der Waals surface area (Å²) >= 11 is 1.53. The summed E-state index contributed by atoms with van der Waals surface area (Å²) in [4.78, 5) is 20.7. The first kappa shape index (κ1) is 12.5. The predicted molar refractivity (Wildman–Crippen MR) is 71.6 cm³/mol. The highest BCUT2D eigenvalue weighted by atomic mass is 32.1. The van der Waals surface area contributed by atoms with Crippen LogP contribution in [0.25, 0.3) is 10.7 Å². The number of tetrazole rings is 1. The standard InChI is InChI=1S/C11H11N7OS/c19-10(13-5-8-4-12-7-14-8)6-18-16-11(15-17-18)9-2-1-3-20-9/h1-4,7H,5-6H2,(H,12,14)(H,13,19). The van der Waals surface area contributed by atoms with Gasteiger partial charge in [-0.05, 0) is 16.7 Å². The van der Waals surface area contributed by atoms with E-state index in [-0.39, 0.29) is 12.5 Å². The first-order valence-corrected chi connectivity index (χ1v) is 6.75. The number of imidazole rings is 1. The molecule has 3 rings (SSSR count). The molecule has 3 heterocycles. The lowest BCUT2D eigenvalue weighted by molar-refractivity contribution is -0.122. The number of carbonyl (C=O) groups is 1. The first-order chi connectivity index (χ1) is 9.81. The number of nitrogens with one attached hydrogen (secondary N) is 2. The number of aromatic amines is 1. The van der Waals surface area contributed by atoms with Crippen LogP contribution in [0, 0.1) is 0 Å². The Bertz CT molecular complexity index is 674. The molecule has 1 amide bonds. The number of amides is 1. The van der Waals surface area contributed by atoms with Gasteiger partial charge in [0.15, 0.2) is 0 Å². The maximum absolute atomic E-state index is 11.7. The van der Waals surface area contributed by atoms with E-state index in [9.17, 15) is 4.79 Å². The molecular weight excluding hydrogens is 278 g/mol. The lowest BCUT2D eigenvalue weighted by Gasteiger charge is -2.01. The Morgan fingerprint density at radius 1 is 1.50 bits per heavy atom. The molecule has 3 aromatic heterocycles. The van der Waals surface area contributed by atoms with Crippen LogP contribution in [0.3, 0.4) is 0 Å². The molecule has 0 saturated carbocycles. The average molecular weight is 289 g/mol. The minimum absolute atomic E-state index is 0.0342. The molecule has 3 aromatic rings. The fourth-order valence-corrected chi connectivity index (χ4v) is 2.22. The van der Waals surface area contributed by atoms with Crippen LogP contribution in [0.5, 0.6) is 0 Å². The summed E-state index contributed by atoms with van der Waals surface area (Å²) in [5.41, 5.74) is 0.837. The van der Waals surface area contributed by atoms with Crippen molar-refractivity contribution in [2.24, 2.45) is 0 Å². The van der Waals surface area contributed by atoms with Crippen molar-refractivity contribution in [2.75, 3.05) is 0 Å². The molecule has 0 radical (unpaired) electrons. The fourth-order valence-electron chi connectivity index (χ4n) is 1.57. The summed E-state index contributed by atoms with van der Waals surface area (Å²) < 4.78 is 0. The van der Waals surface area contributed by atoms with E-state index in [2.05, 4.69) is 30.7 Å². The van der Waals surface area contributed by atoms with E-state index in [1.165, 1.54) is 16.1 Å². The van der Waals surface area contributed by atoms with Crippen LogP contribution >= 0.6 is 11.3 Å². The molecule has 0 saturated heterocycles. The van der Waals surface area contributed by atoms with Gasteiger partial charge in [0.05, 0.1) is 23.4 Å². The average Bonchev–Trinajstić information content (AvgIpc) is 3.18. The number of carbonyl (C=O) groups excluding carboxylic acids is 1.